The molecule has 38 heavy (non-hydrogen) atoms. The molecule has 1 aromatic carbocycles. The lowest BCUT2D eigenvalue weighted by atomic mass is 10.1. The smallest absolute Gasteiger partial charge is 0.410 e. The lowest BCUT2D eigenvalue weighted by molar-refractivity contribution is 0.0240. The summed E-state index contributed by atoms with van der Waals surface area (Å²) in [5.41, 5.74) is -0.664. The molecule has 2 heterocycles. The summed E-state index contributed by atoms with van der Waals surface area (Å²) in [6.45, 7) is 10.6. The van der Waals surface area contributed by atoms with E-state index in [2.05, 4.69) is 15.0 Å². The lowest BCUT2D eigenvalue weighted by Gasteiger charge is -2.37. The van der Waals surface area contributed by atoms with Gasteiger partial charge in [-0.05, 0) is 59.6 Å². The van der Waals surface area contributed by atoms with Gasteiger partial charge in [-0.3, -0.25) is 9.36 Å². The number of hydrogen-bond acceptors (Lipinski definition) is 9. The molecule has 1 saturated heterocycles. The van der Waals surface area contributed by atoms with Crippen molar-refractivity contribution in [3.63, 3.8) is 0 Å². The van der Waals surface area contributed by atoms with Crippen LogP contribution >= 0.6 is 0 Å². The number of rotatable bonds is 7. The number of amides is 1. The summed E-state index contributed by atoms with van der Waals surface area (Å²) in [7, 11) is -2.35. The number of aromatic nitrogens is 2. The van der Waals surface area contributed by atoms with Gasteiger partial charge in [0, 0.05) is 45.3 Å². The largest absolute Gasteiger partial charge is 0.444 e. The van der Waals surface area contributed by atoms with E-state index in [1.54, 1.807) is 24.9 Å². The zero-order valence-electron chi connectivity index (χ0n) is 22.9. The number of anilines is 2. The van der Waals surface area contributed by atoms with Gasteiger partial charge in [-0.15, -0.1) is 0 Å². The molecule has 13 heteroatoms. The number of carbonyl (C=O) groups is 1. The number of carbonyl (C=O) groups excluding carboxylic acids is 1. The molecule has 0 radical (unpaired) electrons. The molecule has 1 aliphatic carbocycles. The second kappa shape index (κ2) is 10.0. The molecule has 4 rings (SSSR count). The van der Waals surface area contributed by atoms with Crippen LogP contribution < -0.4 is 20.5 Å². The van der Waals surface area contributed by atoms with E-state index in [0.717, 1.165) is 12.8 Å². The highest BCUT2D eigenvalue weighted by atomic mass is 32.2. The van der Waals surface area contributed by atoms with Crippen LogP contribution in [-0.2, 0) is 21.8 Å². The summed E-state index contributed by atoms with van der Waals surface area (Å²) in [4.78, 5) is 34.2. The second-order valence-corrected chi connectivity index (χ2v) is 13.2. The highest BCUT2D eigenvalue weighted by molar-refractivity contribution is 7.89. The van der Waals surface area contributed by atoms with Crippen molar-refractivity contribution < 1.29 is 23.1 Å². The first-order chi connectivity index (χ1) is 17.6. The van der Waals surface area contributed by atoms with Crippen molar-refractivity contribution in [2.24, 2.45) is 7.05 Å². The molecule has 1 aliphatic heterocycles. The van der Waals surface area contributed by atoms with E-state index in [0.29, 0.717) is 37.4 Å². The molecular weight excluding hydrogens is 512 g/mol. The first kappa shape index (κ1) is 28.1. The number of fused-ring (bicyclic) bond motifs is 1. The molecule has 2 aliphatic rings. The summed E-state index contributed by atoms with van der Waals surface area (Å²) in [6, 6.07) is 2.92. The van der Waals surface area contributed by atoms with Gasteiger partial charge < -0.3 is 25.0 Å². The van der Waals surface area contributed by atoms with Crippen LogP contribution in [0.5, 0.6) is 0 Å². The average molecular weight is 551 g/mol. The van der Waals surface area contributed by atoms with Gasteiger partial charge >= 0.3 is 6.09 Å². The van der Waals surface area contributed by atoms with Crippen molar-refractivity contribution in [1.29, 1.82) is 0 Å². The topological polar surface area (TPSA) is 146 Å². The van der Waals surface area contributed by atoms with Crippen LogP contribution in [0.25, 0.3) is 10.9 Å². The minimum atomic E-state index is -3.90. The van der Waals surface area contributed by atoms with Gasteiger partial charge in [0.05, 0.1) is 22.1 Å². The van der Waals surface area contributed by atoms with Gasteiger partial charge in [0.2, 0.25) is 16.0 Å². The van der Waals surface area contributed by atoms with Crippen LogP contribution in [-0.4, -0.2) is 84.0 Å². The summed E-state index contributed by atoms with van der Waals surface area (Å²) in [5.74, 6) is 0.260. The van der Waals surface area contributed by atoms with Gasteiger partial charge in [0.1, 0.15) is 11.1 Å². The highest BCUT2D eigenvalue weighted by Crippen LogP contribution is 2.37. The molecule has 1 amide bonds. The highest BCUT2D eigenvalue weighted by Gasteiger charge is 2.41. The maximum Gasteiger partial charge on any atom is 0.410 e. The van der Waals surface area contributed by atoms with Gasteiger partial charge in [-0.25, -0.2) is 22.9 Å². The van der Waals surface area contributed by atoms with Gasteiger partial charge in [0.15, 0.2) is 0 Å². The number of ether oxygens (including phenoxy) is 1. The van der Waals surface area contributed by atoms with E-state index in [-0.39, 0.29) is 22.8 Å². The Morgan fingerprint density at radius 3 is 2.39 bits per heavy atom. The Kier molecular flexibility index (Phi) is 7.40. The van der Waals surface area contributed by atoms with Gasteiger partial charge in [-0.2, -0.15) is 0 Å². The van der Waals surface area contributed by atoms with Crippen LogP contribution in [0, 0.1) is 0 Å². The first-order valence-electron chi connectivity index (χ1n) is 12.8. The maximum absolute atomic E-state index is 13.4. The number of aliphatic hydroxyl groups is 1. The number of nitrogens with zero attached hydrogens (tertiary/aromatic N) is 4. The van der Waals surface area contributed by atoms with Gasteiger partial charge in [0.25, 0.3) is 5.56 Å². The maximum atomic E-state index is 13.4. The second-order valence-electron chi connectivity index (χ2n) is 11.5. The Balaban J connectivity index is 1.75. The SMILES string of the molecule is C[C@H](O)CNc1nc2c(N3CCN(C(=O)OC(C)(C)C)CC3)cc(S(=O)(=O)NC3(C)CC3)cc2c(=O)n1C. The first-order valence-corrected chi connectivity index (χ1v) is 14.3. The quantitative estimate of drug-likeness (QED) is 0.468. The number of benzene rings is 1. The molecule has 0 unspecified atom stereocenters. The summed E-state index contributed by atoms with van der Waals surface area (Å²) in [6.07, 6.45) is 0.434. The molecule has 12 nitrogen and oxygen atoms in total. The van der Waals surface area contributed by atoms with Crippen molar-refractivity contribution in [2.45, 2.75) is 69.6 Å². The van der Waals surface area contributed by atoms with Crippen LogP contribution in [0.15, 0.2) is 21.8 Å². The fourth-order valence-electron chi connectivity index (χ4n) is 4.25. The third-order valence-corrected chi connectivity index (χ3v) is 8.27. The summed E-state index contributed by atoms with van der Waals surface area (Å²) in [5, 5.41) is 12.9. The fraction of sp³-hybridized carbons (Fsp3) is 0.640. The molecule has 1 aromatic heterocycles. The monoisotopic (exact) mass is 550 g/mol. The van der Waals surface area contributed by atoms with E-state index in [4.69, 9.17) is 4.74 Å². The molecule has 2 fully saturated rings. The van der Waals surface area contributed by atoms with Crippen molar-refractivity contribution in [3.05, 3.63) is 22.5 Å². The predicted molar refractivity (Wildman–Crippen MR) is 145 cm³/mol. The number of piperazine rings is 1. The normalized spacial score (nSPS) is 18.4. The fourth-order valence-corrected chi connectivity index (χ4v) is 5.76. The Hall–Kier alpha value is -2.90. The Bertz CT molecular complexity index is 1390. The third-order valence-electron chi connectivity index (χ3n) is 6.65. The number of aliphatic hydroxyl groups excluding tert-OH is 1. The lowest BCUT2D eigenvalue weighted by Crippen LogP contribution is -2.50. The number of nitrogens with one attached hydrogen (secondary N) is 2. The Morgan fingerprint density at radius 2 is 1.84 bits per heavy atom. The third kappa shape index (κ3) is 6.21. The number of sulfonamides is 1. The van der Waals surface area contributed by atoms with Crippen LogP contribution in [0.3, 0.4) is 0 Å². The van der Waals surface area contributed by atoms with Crippen LogP contribution in [0.2, 0.25) is 0 Å². The van der Waals surface area contributed by atoms with Crippen LogP contribution in [0.4, 0.5) is 16.4 Å². The standard InChI is InChI=1S/C25H38N6O6S/c1-16(32)15-26-22-27-20-18(21(33)29(22)6)13-17(38(35,36)28-25(5)7-8-25)14-19(20)30-9-11-31(12-10-30)23(34)37-24(2,3)4/h13-14,16,28,32H,7-12,15H2,1-6H3,(H,26,27)/t16-/m0/s1. The van der Waals surface area contributed by atoms with Crippen molar-refractivity contribution in [3.8, 4) is 0 Å². The van der Waals surface area contributed by atoms with E-state index in [1.165, 1.54) is 10.6 Å². The van der Waals surface area contributed by atoms with Crippen LogP contribution in [0.1, 0.15) is 47.5 Å². The minimum absolute atomic E-state index is 0.00807. The molecule has 1 saturated carbocycles. The Labute approximate surface area is 223 Å². The van der Waals surface area contributed by atoms with E-state index >= 15 is 0 Å². The molecule has 0 bridgehead atoms. The molecule has 210 valence electrons. The summed E-state index contributed by atoms with van der Waals surface area (Å²) >= 11 is 0. The molecule has 3 N–H and O–H groups in total. The molecular formula is C25H38N6O6S. The van der Waals surface area contributed by atoms with E-state index in [1.807, 2.05) is 32.6 Å². The van der Waals surface area contributed by atoms with Crippen molar-refractivity contribution in [1.82, 2.24) is 19.2 Å². The zero-order chi connectivity index (χ0) is 28.0. The summed E-state index contributed by atoms with van der Waals surface area (Å²) < 4.78 is 36.2. The molecule has 0 spiro atoms. The number of hydrogen-bond donors (Lipinski definition) is 3. The Morgan fingerprint density at radius 1 is 1.21 bits per heavy atom. The zero-order valence-corrected chi connectivity index (χ0v) is 23.7. The van der Waals surface area contributed by atoms with E-state index < -0.39 is 38.9 Å². The molecule has 1 atom stereocenters. The van der Waals surface area contributed by atoms with Crippen molar-refractivity contribution >= 4 is 38.7 Å². The minimum Gasteiger partial charge on any atom is -0.444 e. The predicted octanol–water partition coefficient (Wildman–Crippen LogP) is 1.61. The van der Waals surface area contributed by atoms with E-state index in [9.17, 15) is 23.1 Å². The van der Waals surface area contributed by atoms with Crippen molar-refractivity contribution in [2.75, 3.05) is 42.9 Å². The molecule has 2 aromatic rings. The average Bonchev–Trinajstić information content (AvgIpc) is 3.54. The van der Waals surface area contributed by atoms with Gasteiger partial charge in [-0.1, -0.05) is 0 Å².